The van der Waals surface area contributed by atoms with Crippen molar-refractivity contribution in [2.45, 2.75) is 26.8 Å². The molecule has 190 valence electrons. The molecule has 2 heterocycles. The third kappa shape index (κ3) is 4.51. The summed E-state index contributed by atoms with van der Waals surface area (Å²) in [7, 11) is 2.50. The molecule has 10 heteroatoms. The predicted octanol–water partition coefficient (Wildman–Crippen LogP) is 4.27. The number of aliphatic hydroxyl groups is 1. The molecule has 3 aromatic rings. The Balaban J connectivity index is 1.95. The minimum Gasteiger partial charge on any atom is -0.507 e. The Morgan fingerprint density at radius 1 is 0.973 bits per heavy atom. The average Bonchev–Trinajstić information content (AvgIpc) is 3.40. The Bertz CT molecular complexity index is 1470. The van der Waals surface area contributed by atoms with Gasteiger partial charge in [-0.05, 0) is 50.1 Å². The maximum absolute atomic E-state index is 13.4. The highest BCUT2D eigenvalue weighted by Crippen LogP contribution is 2.44. The van der Waals surface area contributed by atoms with Gasteiger partial charge in [-0.3, -0.25) is 14.5 Å². The van der Waals surface area contributed by atoms with Crippen LogP contribution in [-0.4, -0.2) is 47.9 Å². The predicted molar refractivity (Wildman–Crippen MR) is 137 cm³/mol. The van der Waals surface area contributed by atoms with Crippen molar-refractivity contribution in [3.63, 3.8) is 0 Å². The molecule has 0 bridgehead atoms. The number of nitrogens with zero attached hydrogens (tertiary/aromatic N) is 2. The second-order valence-corrected chi connectivity index (χ2v) is 9.48. The van der Waals surface area contributed by atoms with E-state index in [-0.39, 0.29) is 26.9 Å². The van der Waals surface area contributed by atoms with E-state index in [0.29, 0.717) is 22.4 Å². The zero-order valence-electron chi connectivity index (χ0n) is 20.8. The van der Waals surface area contributed by atoms with Crippen LogP contribution in [0.25, 0.3) is 5.76 Å². The van der Waals surface area contributed by atoms with Crippen LogP contribution in [0.5, 0.6) is 0 Å². The number of aromatic nitrogens is 1. The molecule has 1 aliphatic heterocycles. The van der Waals surface area contributed by atoms with Crippen LogP contribution in [-0.2, 0) is 19.1 Å². The molecular formula is C27H24N2O7S. The van der Waals surface area contributed by atoms with Gasteiger partial charge in [0.15, 0.2) is 5.13 Å². The maximum atomic E-state index is 13.4. The summed E-state index contributed by atoms with van der Waals surface area (Å²) in [5.74, 6) is -3.29. The van der Waals surface area contributed by atoms with Gasteiger partial charge in [-0.15, -0.1) is 0 Å². The van der Waals surface area contributed by atoms with Crippen molar-refractivity contribution < 1.29 is 33.8 Å². The van der Waals surface area contributed by atoms with E-state index in [1.165, 1.54) is 26.4 Å². The SMILES string of the molecule is COC(=O)c1ccc(C2/C(=C(\O)c3cc(C)ccc3C)C(=O)C(=O)N2c2nc(C)c(C(=O)OC)s2)cc1. The number of hydrogen-bond donors (Lipinski definition) is 1. The fourth-order valence-corrected chi connectivity index (χ4v) is 5.18. The molecule has 1 atom stereocenters. The van der Waals surface area contributed by atoms with Crippen LogP contribution in [0.2, 0.25) is 0 Å². The molecule has 0 radical (unpaired) electrons. The number of aliphatic hydroxyl groups excluding tert-OH is 1. The second-order valence-electron chi connectivity index (χ2n) is 8.50. The Hall–Kier alpha value is -4.31. The largest absolute Gasteiger partial charge is 0.507 e. The normalized spacial score (nSPS) is 16.7. The number of amides is 1. The number of ketones is 1. The van der Waals surface area contributed by atoms with Gasteiger partial charge in [-0.1, -0.05) is 41.2 Å². The van der Waals surface area contributed by atoms with Crippen molar-refractivity contribution in [2.24, 2.45) is 0 Å². The van der Waals surface area contributed by atoms with Crippen molar-refractivity contribution in [3.8, 4) is 0 Å². The van der Waals surface area contributed by atoms with Gasteiger partial charge in [-0.2, -0.15) is 0 Å². The van der Waals surface area contributed by atoms with E-state index in [1.54, 1.807) is 32.0 Å². The van der Waals surface area contributed by atoms with E-state index in [1.807, 2.05) is 19.1 Å². The first-order valence-electron chi connectivity index (χ1n) is 11.2. The van der Waals surface area contributed by atoms with Gasteiger partial charge < -0.3 is 14.6 Å². The van der Waals surface area contributed by atoms with Gasteiger partial charge in [0.2, 0.25) is 0 Å². The lowest BCUT2D eigenvalue weighted by atomic mass is 9.93. The molecule has 1 fully saturated rings. The van der Waals surface area contributed by atoms with Gasteiger partial charge in [0.05, 0.1) is 37.1 Å². The Labute approximate surface area is 217 Å². The molecule has 1 saturated heterocycles. The molecule has 0 spiro atoms. The minimum absolute atomic E-state index is 0.0991. The van der Waals surface area contributed by atoms with Crippen molar-refractivity contribution in [2.75, 3.05) is 19.1 Å². The number of Topliss-reactive ketones (excluding diaryl/α,β-unsaturated/α-hetero) is 1. The molecule has 37 heavy (non-hydrogen) atoms. The number of carbonyl (C=O) groups is 4. The van der Waals surface area contributed by atoms with Crippen molar-refractivity contribution in [1.29, 1.82) is 0 Å². The molecule has 1 unspecified atom stereocenters. The fraction of sp³-hybridized carbons (Fsp3) is 0.222. The molecule has 9 nitrogen and oxygen atoms in total. The van der Waals surface area contributed by atoms with Crippen LogP contribution in [0.3, 0.4) is 0 Å². The number of hydrogen-bond acceptors (Lipinski definition) is 9. The minimum atomic E-state index is -1.07. The molecule has 1 N–H and O–H groups in total. The summed E-state index contributed by atoms with van der Waals surface area (Å²) in [5.41, 5.74) is 2.92. The topological polar surface area (TPSA) is 123 Å². The molecule has 1 aliphatic rings. The molecule has 1 aromatic heterocycles. The van der Waals surface area contributed by atoms with E-state index in [2.05, 4.69) is 4.98 Å². The van der Waals surface area contributed by atoms with Crippen LogP contribution in [0.4, 0.5) is 5.13 Å². The highest BCUT2D eigenvalue weighted by molar-refractivity contribution is 7.17. The Kier molecular flexibility index (Phi) is 6.95. The summed E-state index contributed by atoms with van der Waals surface area (Å²) in [5, 5.41) is 11.5. The standard InChI is InChI=1S/C27H24N2O7S/c1-13-6-7-14(2)18(12-13)21(30)19-20(16-8-10-17(11-9-16)25(33)35-4)29(24(32)22(19)31)27-28-15(3)23(37-27)26(34)36-5/h6-12,20,30H,1-5H3/b21-19+. The van der Waals surface area contributed by atoms with E-state index < -0.39 is 29.7 Å². The lowest BCUT2D eigenvalue weighted by Crippen LogP contribution is -2.29. The average molecular weight is 521 g/mol. The quantitative estimate of drug-likeness (QED) is 0.229. The number of ether oxygens (including phenoxy) is 2. The van der Waals surface area contributed by atoms with Gasteiger partial charge in [0, 0.05) is 5.56 Å². The third-order valence-corrected chi connectivity index (χ3v) is 7.24. The second kappa shape index (κ2) is 9.98. The smallest absolute Gasteiger partial charge is 0.350 e. The fourth-order valence-electron chi connectivity index (χ4n) is 4.17. The highest BCUT2D eigenvalue weighted by Gasteiger charge is 2.48. The molecule has 0 aliphatic carbocycles. The van der Waals surface area contributed by atoms with Crippen LogP contribution >= 0.6 is 11.3 Å². The number of anilines is 1. The monoisotopic (exact) mass is 520 g/mol. The Morgan fingerprint density at radius 2 is 1.62 bits per heavy atom. The summed E-state index contributed by atoms with van der Waals surface area (Å²) < 4.78 is 9.57. The lowest BCUT2D eigenvalue weighted by molar-refractivity contribution is -0.132. The van der Waals surface area contributed by atoms with Gasteiger partial charge >= 0.3 is 17.8 Å². The van der Waals surface area contributed by atoms with E-state index in [0.717, 1.165) is 21.8 Å². The van der Waals surface area contributed by atoms with Crippen molar-refractivity contribution in [1.82, 2.24) is 4.98 Å². The molecule has 2 aromatic carbocycles. The van der Waals surface area contributed by atoms with Crippen molar-refractivity contribution in [3.05, 3.63) is 86.4 Å². The number of benzene rings is 2. The van der Waals surface area contributed by atoms with Gasteiger partial charge in [-0.25, -0.2) is 14.6 Å². The summed E-state index contributed by atoms with van der Waals surface area (Å²) in [6, 6.07) is 10.5. The maximum Gasteiger partial charge on any atom is 0.350 e. The highest BCUT2D eigenvalue weighted by atomic mass is 32.1. The van der Waals surface area contributed by atoms with Gasteiger partial charge in [0.1, 0.15) is 10.6 Å². The van der Waals surface area contributed by atoms with Crippen LogP contribution < -0.4 is 4.90 Å². The summed E-state index contributed by atoms with van der Waals surface area (Å²) >= 11 is 0.909. The number of thiazole rings is 1. The van der Waals surface area contributed by atoms with Gasteiger partial charge in [0.25, 0.3) is 5.78 Å². The molecule has 4 rings (SSSR count). The number of aryl methyl sites for hydroxylation is 3. The van der Waals surface area contributed by atoms with Crippen molar-refractivity contribution >= 4 is 45.9 Å². The van der Waals surface area contributed by atoms with E-state index >= 15 is 0 Å². The van der Waals surface area contributed by atoms with Crippen LogP contribution in [0.1, 0.15) is 54.0 Å². The molecular weight excluding hydrogens is 496 g/mol. The first-order chi connectivity index (χ1) is 17.6. The Morgan fingerprint density at radius 3 is 2.24 bits per heavy atom. The number of methoxy groups -OCH3 is 2. The van der Waals surface area contributed by atoms with E-state index in [9.17, 15) is 24.3 Å². The summed E-state index contributed by atoms with van der Waals surface area (Å²) in [6.45, 7) is 5.24. The first kappa shape index (κ1) is 25.8. The number of esters is 2. The zero-order chi connectivity index (χ0) is 27.0. The first-order valence-corrected chi connectivity index (χ1v) is 12.0. The zero-order valence-corrected chi connectivity index (χ0v) is 21.6. The van der Waals surface area contributed by atoms with E-state index in [4.69, 9.17) is 9.47 Å². The lowest BCUT2D eigenvalue weighted by Gasteiger charge is -2.23. The summed E-state index contributed by atoms with van der Waals surface area (Å²) in [6.07, 6.45) is 0. The van der Waals surface area contributed by atoms with Crippen LogP contribution in [0.15, 0.2) is 48.0 Å². The number of carbonyl (C=O) groups excluding carboxylic acids is 4. The summed E-state index contributed by atoms with van der Waals surface area (Å²) in [4.78, 5) is 56.6. The number of rotatable bonds is 5. The third-order valence-electron chi connectivity index (χ3n) is 6.10. The molecule has 0 saturated carbocycles. The van der Waals surface area contributed by atoms with Crippen LogP contribution in [0, 0.1) is 20.8 Å². The molecule has 1 amide bonds.